The van der Waals surface area contributed by atoms with Gasteiger partial charge in [-0.3, -0.25) is 0 Å². The van der Waals surface area contributed by atoms with Gasteiger partial charge in [-0.15, -0.1) is 0 Å². The van der Waals surface area contributed by atoms with Crippen molar-refractivity contribution in [1.29, 1.82) is 0 Å². The first kappa shape index (κ1) is 12.9. The van der Waals surface area contributed by atoms with E-state index in [0.717, 1.165) is 12.2 Å². The predicted molar refractivity (Wildman–Crippen MR) is 87.3 cm³/mol. The van der Waals surface area contributed by atoms with Gasteiger partial charge in [-0.1, -0.05) is 36.4 Å². The van der Waals surface area contributed by atoms with Crippen LogP contribution in [0.4, 0.5) is 5.69 Å². The molecule has 0 unspecified atom stereocenters. The van der Waals surface area contributed by atoms with Crippen LogP contribution in [0.2, 0.25) is 0 Å². The second kappa shape index (κ2) is 4.88. The summed E-state index contributed by atoms with van der Waals surface area (Å²) in [6, 6.07) is 16.1. The number of piperidine rings is 1. The summed E-state index contributed by atoms with van der Waals surface area (Å²) in [5, 5.41) is 3.73. The van der Waals surface area contributed by atoms with Crippen LogP contribution in [0.15, 0.2) is 42.5 Å². The molecule has 2 aliphatic rings. The van der Waals surface area contributed by atoms with Crippen molar-refractivity contribution in [2.24, 2.45) is 5.92 Å². The Balaban J connectivity index is 1.84. The molecule has 21 heavy (non-hydrogen) atoms. The summed E-state index contributed by atoms with van der Waals surface area (Å²) in [5.41, 5.74) is 12.6. The zero-order valence-corrected chi connectivity index (χ0v) is 12.5. The Kier molecular flexibility index (Phi) is 3.00. The Morgan fingerprint density at radius 3 is 2.71 bits per heavy atom. The van der Waals surface area contributed by atoms with Gasteiger partial charge in [-0.25, -0.2) is 0 Å². The number of anilines is 1. The highest BCUT2D eigenvalue weighted by molar-refractivity contribution is 5.53. The van der Waals surface area contributed by atoms with Gasteiger partial charge in [0.25, 0.3) is 0 Å². The molecule has 3 N–H and O–H groups in total. The molecule has 0 saturated carbocycles. The predicted octanol–water partition coefficient (Wildman–Crippen LogP) is 3.76. The Hall–Kier alpha value is -1.80. The molecular formula is C19H22N2. The van der Waals surface area contributed by atoms with Gasteiger partial charge in [0, 0.05) is 17.6 Å². The van der Waals surface area contributed by atoms with E-state index < -0.39 is 0 Å². The number of nitrogens with one attached hydrogen (secondary N) is 1. The first-order valence-corrected chi connectivity index (χ1v) is 7.94. The maximum absolute atomic E-state index is 6.16. The maximum atomic E-state index is 6.16. The van der Waals surface area contributed by atoms with E-state index in [1.165, 1.54) is 35.1 Å². The second-order valence-corrected chi connectivity index (χ2v) is 6.46. The van der Waals surface area contributed by atoms with Crippen molar-refractivity contribution in [2.45, 2.75) is 31.7 Å². The Morgan fingerprint density at radius 1 is 1.10 bits per heavy atom. The van der Waals surface area contributed by atoms with Crippen molar-refractivity contribution in [2.75, 3.05) is 12.3 Å². The van der Waals surface area contributed by atoms with Crippen molar-refractivity contribution in [3.63, 3.8) is 0 Å². The minimum absolute atomic E-state index is 0.488. The van der Waals surface area contributed by atoms with Gasteiger partial charge in [0.1, 0.15) is 0 Å². The lowest BCUT2D eigenvalue weighted by atomic mass is 9.80. The molecule has 4 rings (SSSR count). The number of rotatable bonds is 1. The van der Waals surface area contributed by atoms with Crippen LogP contribution in [0.5, 0.6) is 0 Å². The third-order valence-corrected chi connectivity index (χ3v) is 5.26. The maximum Gasteiger partial charge on any atom is 0.0360 e. The lowest BCUT2D eigenvalue weighted by molar-refractivity contribution is 0.287. The molecule has 2 nitrogen and oxygen atoms in total. The highest BCUT2D eigenvalue weighted by Gasteiger charge is 2.42. The van der Waals surface area contributed by atoms with Crippen LogP contribution in [0, 0.1) is 12.8 Å². The molecule has 0 spiro atoms. The topological polar surface area (TPSA) is 38.0 Å². The Morgan fingerprint density at radius 2 is 1.90 bits per heavy atom. The van der Waals surface area contributed by atoms with Gasteiger partial charge in [-0.2, -0.15) is 0 Å². The SMILES string of the molecule is Cc1ccc([C@@H]2c3ccccc3[C@H]3NCCC[C@@H]23)cc1N. The number of nitrogen functional groups attached to an aromatic ring is 1. The summed E-state index contributed by atoms with van der Waals surface area (Å²) in [4.78, 5) is 0. The van der Waals surface area contributed by atoms with E-state index in [4.69, 9.17) is 5.73 Å². The van der Waals surface area contributed by atoms with E-state index in [9.17, 15) is 0 Å². The second-order valence-electron chi connectivity index (χ2n) is 6.46. The van der Waals surface area contributed by atoms with Crippen LogP contribution in [0.3, 0.4) is 0 Å². The normalized spacial score (nSPS) is 27.2. The zero-order chi connectivity index (χ0) is 14.4. The highest BCUT2D eigenvalue weighted by Crippen LogP contribution is 2.51. The van der Waals surface area contributed by atoms with E-state index in [-0.39, 0.29) is 0 Å². The van der Waals surface area contributed by atoms with E-state index in [2.05, 4.69) is 54.7 Å². The molecular weight excluding hydrogens is 256 g/mol. The van der Waals surface area contributed by atoms with Crippen molar-refractivity contribution in [3.05, 3.63) is 64.7 Å². The van der Waals surface area contributed by atoms with Crippen LogP contribution in [-0.2, 0) is 0 Å². The highest BCUT2D eigenvalue weighted by atomic mass is 14.9. The Labute approximate surface area is 126 Å². The number of nitrogens with two attached hydrogens (primary N) is 1. The lowest BCUT2D eigenvalue weighted by Crippen LogP contribution is -2.32. The molecule has 1 heterocycles. The van der Waals surface area contributed by atoms with Gasteiger partial charge in [0.05, 0.1) is 0 Å². The number of hydrogen-bond acceptors (Lipinski definition) is 2. The van der Waals surface area contributed by atoms with Crippen molar-refractivity contribution >= 4 is 5.69 Å². The molecule has 2 aromatic carbocycles. The van der Waals surface area contributed by atoms with Crippen molar-refractivity contribution in [1.82, 2.24) is 5.32 Å². The molecule has 2 heteroatoms. The third-order valence-electron chi connectivity index (χ3n) is 5.26. The summed E-state index contributed by atoms with van der Waals surface area (Å²) >= 11 is 0. The lowest BCUT2D eigenvalue weighted by Gasteiger charge is -2.31. The van der Waals surface area contributed by atoms with Crippen LogP contribution in [0.1, 0.15) is 47.1 Å². The fraction of sp³-hybridized carbons (Fsp3) is 0.368. The summed E-state index contributed by atoms with van der Waals surface area (Å²) in [5.74, 6) is 1.15. The average molecular weight is 278 g/mol. The molecule has 0 amide bonds. The molecule has 1 saturated heterocycles. The molecule has 3 atom stereocenters. The molecule has 0 radical (unpaired) electrons. The minimum Gasteiger partial charge on any atom is -0.399 e. The summed E-state index contributed by atoms with van der Waals surface area (Å²) in [6.07, 6.45) is 2.57. The first-order chi connectivity index (χ1) is 10.3. The third kappa shape index (κ3) is 1.97. The van der Waals surface area contributed by atoms with Crippen molar-refractivity contribution in [3.8, 4) is 0 Å². The molecule has 1 fully saturated rings. The average Bonchev–Trinajstić information content (AvgIpc) is 2.85. The van der Waals surface area contributed by atoms with Crippen LogP contribution < -0.4 is 11.1 Å². The van der Waals surface area contributed by atoms with Gasteiger partial charge in [0.15, 0.2) is 0 Å². The number of benzene rings is 2. The fourth-order valence-corrected chi connectivity index (χ4v) is 4.20. The molecule has 1 aliphatic heterocycles. The molecule has 0 aromatic heterocycles. The number of hydrogen-bond donors (Lipinski definition) is 2. The number of fused-ring (bicyclic) bond motifs is 3. The minimum atomic E-state index is 0.488. The van der Waals surface area contributed by atoms with E-state index in [0.29, 0.717) is 17.9 Å². The molecule has 1 aliphatic carbocycles. The number of aryl methyl sites for hydroxylation is 1. The Bertz CT molecular complexity index is 677. The van der Waals surface area contributed by atoms with Crippen molar-refractivity contribution < 1.29 is 0 Å². The van der Waals surface area contributed by atoms with Gasteiger partial charge >= 0.3 is 0 Å². The first-order valence-electron chi connectivity index (χ1n) is 7.94. The van der Waals surface area contributed by atoms with Gasteiger partial charge < -0.3 is 11.1 Å². The molecule has 2 aromatic rings. The quantitative estimate of drug-likeness (QED) is 0.779. The molecule has 108 valence electrons. The standard InChI is InChI=1S/C19H22N2/c1-12-8-9-13(11-17(12)20)18-14-5-2-3-6-15(14)19-16(18)7-4-10-21-19/h2-3,5-6,8-9,11,16,18-19,21H,4,7,10,20H2,1H3/t16-,18+,19+/m0/s1. The smallest absolute Gasteiger partial charge is 0.0360 e. The fourth-order valence-electron chi connectivity index (χ4n) is 4.20. The van der Waals surface area contributed by atoms with E-state index >= 15 is 0 Å². The van der Waals surface area contributed by atoms with E-state index in [1.807, 2.05) is 0 Å². The zero-order valence-electron chi connectivity index (χ0n) is 12.5. The van der Waals surface area contributed by atoms with Gasteiger partial charge in [-0.05, 0) is 60.5 Å². The summed E-state index contributed by atoms with van der Waals surface area (Å²) in [6.45, 7) is 3.21. The molecule has 0 bridgehead atoms. The van der Waals surface area contributed by atoms with Gasteiger partial charge in [0.2, 0.25) is 0 Å². The van der Waals surface area contributed by atoms with Crippen LogP contribution >= 0.6 is 0 Å². The summed E-state index contributed by atoms with van der Waals surface area (Å²) < 4.78 is 0. The van der Waals surface area contributed by atoms with E-state index in [1.54, 1.807) is 0 Å². The van der Waals surface area contributed by atoms with Crippen LogP contribution in [-0.4, -0.2) is 6.54 Å². The monoisotopic (exact) mass is 278 g/mol. The largest absolute Gasteiger partial charge is 0.399 e. The van der Waals surface area contributed by atoms with Crippen LogP contribution in [0.25, 0.3) is 0 Å². The summed E-state index contributed by atoms with van der Waals surface area (Å²) in [7, 11) is 0.